The maximum atomic E-state index is 18.9. The van der Waals surface area contributed by atoms with Crippen LogP contribution in [0.25, 0.3) is 11.1 Å². The quantitative estimate of drug-likeness (QED) is 0.0238. The van der Waals surface area contributed by atoms with Crippen LogP contribution in [0.15, 0.2) is 118 Å². The van der Waals surface area contributed by atoms with Gasteiger partial charge in [-0.1, -0.05) is 71.7 Å². The number of likely N-dealkylation sites (N-methyl/N-ethyl adjacent to an activating group) is 2. The molecule has 2 heterocycles. The number of Topliss-reactive ketones (excluding diaryl/α,β-unsaturated/α-hetero) is 3. The molecule has 13 nitrogen and oxygen atoms in total. The summed E-state index contributed by atoms with van der Waals surface area (Å²) in [5.74, 6) is -5.55. The van der Waals surface area contributed by atoms with Gasteiger partial charge in [-0.3, -0.25) is 14.4 Å². The van der Waals surface area contributed by atoms with Crippen molar-refractivity contribution in [2.24, 2.45) is 34.5 Å². The van der Waals surface area contributed by atoms with Crippen molar-refractivity contribution in [2.45, 2.75) is 52.4 Å². The Hall–Kier alpha value is -5.75. The van der Waals surface area contributed by atoms with Crippen LogP contribution in [0.3, 0.4) is 0 Å². The number of benzene rings is 4. The van der Waals surface area contributed by atoms with E-state index in [0.29, 0.717) is 87.5 Å². The van der Waals surface area contributed by atoms with E-state index in [1.807, 2.05) is 28.2 Å². The van der Waals surface area contributed by atoms with Crippen LogP contribution in [-0.4, -0.2) is 121 Å². The normalized spacial score (nSPS) is 23.6. The number of nitrogens with one attached hydrogen (secondary N) is 8. The predicted octanol–water partition coefficient (Wildman–Crippen LogP) is 8.50. The molecule has 8 rings (SSSR count). The number of carbonyl (C=O) groups excluding carboxylic acids is 3. The third-order valence-electron chi connectivity index (χ3n) is 17.1. The zero-order chi connectivity index (χ0) is 57.3. The lowest BCUT2D eigenvalue weighted by atomic mass is 9.46. The lowest BCUT2D eigenvalue weighted by molar-refractivity contribution is -0.144. The summed E-state index contributed by atoms with van der Waals surface area (Å²) < 4.78 is 32.6. The SMILES string of the molecule is CNCCNC1=C(Cl)C(c2cccc(F)c2C)=C(C(=O)c2cccc(O)c2)[C@H](C2CCCNC2)[C@@]1(CCNC)C(=O)[C@@]1(CCNC)C(NCCNC)=C(Cl)C(c2cccc(F)c2C)=C(C(=O)c2cccc(O)c2)[C@@H]1C1CCCNC1. The number of rotatable bonds is 24. The summed E-state index contributed by atoms with van der Waals surface area (Å²) in [4.78, 5) is 51.7. The summed E-state index contributed by atoms with van der Waals surface area (Å²) in [5, 5.41) is 50.3. The first-order chi connectivity index (χ1) is 38.6. The van der Waals surface area contributed by atoms with Crippen LogP contribution in [0.4, 0.5) is 8.78 Å². The van der Waals surface area contributed by atoms with Crippen molar-refractivity contribution in [3.05, 3.63) is 163 Å². The molecule has 10 N–H and O–H groups in total. The molecular formula is C63H78Cl2F2N8O5. The Balaban J connectivity index is 1.62. The molecule has 2 aliphatic heterocycles. The number of hydrogen-bond donors (Lipinski definition) is 10. The van der Waals surface area contributed by atoms with Gasteiger partial charge in [0.25, 0.3) is 0 Å². The Bertz CT molecular complexity index is 2880. The van der Waals surface area contributed by atoms with Crippen molar-refractivity contribution in [1.82, 2.24) is 42.5 Å². The summed E-state index contributed by atoms with van der Waals surface area (Å²) in [7, 11) is 7.27. The fourth-order valence-corrected chi connectivity index (χ4v) is 14.3. The number of aromatic hydroxyl groups is 2. The molecule has 4 aliphatic rings. The Kier molecular flexibility index (Phi) is 20.3. The molecule has 4 aromatic rings. The Morgan fingerprint density at radius 1 is 0.575 bits per heavy atom. The first-order valence-electron chi connectivity index (χ1n) is 28.1. The minimum atomic E-state index is -1.79. The molecule has 2 aliphatic carbocycles. The number of phenols is 2. The van der Waals surface area contributed by atoms with E-state index >= 15 is 23.2 Å². The molecule has 17 heteroatoms. The summed E-state index contributed by atoms with van der Waals surface area (Å²) in [6.45, 7) is 7.33. The van der Waals surface area contributed by atoms with Crippen LogP contribution in [0, 0.1) is 60.0 Å². The highest BCUT2D eigenvalue weighted by atomic mass is 35.5. The van der Waals surface area contributed by atoms with E-state index in [4.69, 9.17) is 23.2 Å². The predicted molar refractivity (Wildman–Crippen MR) is 316 cm³/mol. The molecule has 428 valence electrons. The average molecular weight is 1140 g/mol. The molecule has 0 bridgehead atoms. The van der Waals surface area contributed by atoms with E-state index < -0.39 is 57.7 Å². The number of ketones is 3. The highest BCUT2D eigenvalue weighted by molar-refractivity contribution is 6.41. The number of piperidine rings is 2. The third kappa shape index (κ3) is 11.5. The lowest BCUT2D eigenvalue weighted by Crippen LogP contribution is -2.63. The van der Waals surface area contributed by atoms with Crippen LogP contribution < -0.4 is 42.5 Å². The second kappa shape index (κ2) is 26.9. The standard InChI is InChI=1S/C63H78Cl2F2N8O5/c1-37-45(19-9-21-47(37)66)49-51(57(78)39-13-7-17-43(76)33-39)53(41-15-11-25-72-35-41)62(23-27-68-3,59(55(49)64)74-31-29-70-5)61(80)63(24-28-69-4)54(42-16-12-26-73-36-42)52(58(79)40-14-8-18-44(77)34-40)50(46-20-10-22-48(67)38(46)2)56(65)60(63)75-32-30-71-6/h7-10,13-14,17-22,33-34,41-42,53-54,68-77H,11-12,15-16,23-32,35-36H2,1-6H3/t41?,42?,53-,54-,62+,63+/m0/s1. The molecule has 2 saturated heterocycles. The molecule has 0 saturated carbocycles. The molecule has 0 spiro atoms. The van der Waals surface area contributed by atoms with E-state index in [9.17, 15) is 10.2 Å². The highest BCUT2D eigenvalue weighted by Crippen LogP contribution is 2.65. The zero-order valence-electron chi connectivity index (χ0n) is 46.8. The summed E-state index contributed by atoms with van der Waals surface area (Å²) in [6.07, 6.45) is 2.69. The number of halogens is 4. The molecule has 6 atom stereocenters. The van der Waals surface area contributed by atoms with Gasteiger partial charge in [0.2, 0.25) is 0 Å². The highest BCUT2D eigenvalue weighted by Gasteiger charge is 2.67. The first-order valence-corrected chi connectivity index (χ1v) is 28.9. The maximum Gasteiger partial charge on any atom is 0.190 e. The van der Waals surface area contributed by atoms with Gasteiger partial charge in [-0.25, -0.2) is 8.78 Å². The van der Waals surface area contributed by atoms with Crippen molar-refractivity contribution in [2.75, 3.05) is 93.6 Å². The van der Waals surface area contributed by atoms with Gasteiger partial charge in [-0.15, -0.1) is 0 Å². The summed E-state index contributed by atoms with van der Waals surface area (Å²) in [5.41, 5.74) is -0.400. The molecule has 4 aromatic carbocycles. The zero-order valence-corrected chi connectivity index (χ0v) is 48.3. The second-order valence-corrected chi connectivity index (χ2v) is 22.5. The van der Waals surface area contributed by atoms with Crippen molar-refractivity contribution in [3.8, 4) is 11.5 Å². The smallest absolute Gasteiger partial charge is 0.190 e. The summed E-state index contributed by atoms with van der Waals surface area (Å²) in [6, 6.07) is 21.7. The van der Waals surface area contributed by atoms with Gasteiger partial charge in [-0.05, 0) is 190 Å². The Morgan fingerprint density at radius 2 is 0.963 bits per heavy atom. The third-order valence-corrected chi connectivity index (χ3v) is 17.8. The van der Waals surface area contributed by atoms with Gasteiger partial charge in [0.15, 0.2) is 17.3 Å². The lowest BCUT2D eigenvalue weighted by Gasteiger charge is -2.57. The number of hydrogen-bond acceptors (Lipinski definition) is 13. The molecular weight excluding hydrogens is 1060 g/mol. The van der Waals surface area contributed by atoms with Crippen LogP contribution in [-0.2, 0) is 4.79 Å². The van der Waals surface area contributed by atoms with E-state index in [-0.39, 0.29) is 111 Å². The van der Waals surface area contributed by atoms with Crippen LogP contribution >= 0.6 is 23.2 Å². The van der Waals surface area contributed by atoms with Crippen molar-refractivity contribution in [3.63, 3.8) is 0 Å². The molecule has 0 amide bonds. The molecule has 80 heavy (non-hydrogen) atoms. The van der Waals surface area contributed by atoms with Gasteiger partial charge < -0.3 is 52.7 Å². The second-order valence-electron chi connectivity index (χ2n) is 21.7. The average Bonchev–Trinajstić information content (AvgIpc) is 3.03. The van der Waals surface area contributed by atoms with Crippen LogP contribution in [0.1, 0.15) is 81.5 Å². The Labute approximate surface area is 479 Å². The summed E-state index contributed by atoms with van der Waals surface area (Å²) >= 11 is 16.5. The van der Waals surface area contributed by atoms with Crippen molar-refractivity contribution >= 4 is 51.7 Å². The van der Waals surface area contributed by atoms with E-state index in [1.165, 1.54) is 36.4 Å². The van der Waals surface area contributed by atoms with E-state index in [2.05, 4.69) is 42.5 Å². The number of carbonyl (C=O) groups is 3. The molecule has 2 fully saturated rings. The monoisotopic (exact) mass is 1130 g/mol. The number of phenolic OH excluding ortho intramolecular Hbond substituents is 2. The van der Waals surface area contributed by atoms with Gasteiger partial charge in [-0.2, -0.15) is 0 Å². The maximum absolute atomic E-state index is 18.9. The first kappa shape index (κ1) is 60.3. The topological polar surface area (TPSA) is 188 Å². The van der Waals surface area contributed by atoms with Crippen LogP contribution in [0.2, 0.25) is 0 Å². The van der Waals surface area contributed by atoms with Gasteiger partial charge in [0.05, 0.1) is 20.9 Å². The number of allylic oxidation sites excluding steroid dienone is 8. The van der Waals surface area contributed by atoms with E-state index in [0.717, 1.165) is 0 Å². The fraction of sp³-hybridized carbons (Fsp3) is 0.444. The Morgan fingerprint density at radius 3 is 1.31 bits per heavy atom. The van der Waals surface area contributed by atoms with Crippen LogP contribution in [0.5, 0.6) is 11.5 Å². The minimum absolute atomic E-state index is 0.0562. The molecule has 2 unspecified atom stereocenters. The largest absolute Gasteiger partial charge is 0.508 e. The van der Waals surface area contributed by atoms with Gasteiger partial charge in [0.1, 0.15) is 23.1 Å². The van der Waals surface area contributed by atoms with Crippen molar-refractivity contribution in [1.29, 1.82) is 0 Å². The van der Waals surface area contributed by atoms with Gasteiger partial charge >= 0.3 is 0 Å². The van der Waals surface area contributed by atoms with Crippen molar-refractivity contribution < 1.29 is 33.4 Å². The minimum Gasteiger partial charge on any atom is -0.508 e. The van der Waals surface area contributed by atoms with Gasteiger partial charge in [0, 0.05) is 82.8 Å². The fourth-order valence-electron chi connectivity index (χ4n) is 13.4. The molecule has 0 radical (unpaired) electrons. The van der Waals surface area contributed by atoms with E-state index in [1.54, 1.807) is 62.4 Å². The molecule has 0 aromatic heterocycles.